The fourth-order valence-electron chi connectivity index (χ4n) is 4.04. The number of azide groups is 1. The summed E-state index contributed by atoms with van der Waals surface area (Å²) in [4.78, 5) is 14.5. The lowest BCUT2D eigenvalue weighted by molar-refractivity contribution is -0.150. The Labute approximate surface area is 178 Å². The first kappa shape index (κ1) is 23.9. The summed E-state index contributed by atoms with van der Waals surface area (Å²) >= 11 is 0. The van der Waals surface area contributed by atoms with Gasteiger partial charge >= 0.3 is 5.97 Å². The number of carbonyl (C=O) groups excluding carboxylic acids is 1. The van der Waals surface area contributed by atoms with Crippen LogP contribution in [0.25, 0.3) is 10.4 Å². The molecule has 1 saturated carbocycles. The monoisotopic (exact) mass is 415 g/mol. The molecule has 2 N–H and O–H groups in total. The first-order valence-corrected chi connectivity index (χ1v) is 10.8. The van der Waals surface area contributed by atoms with Crippen LogP contribution in [0.5, 0.6) is 0 Å². The van der Waals surface area contributed by atoms with Crippen molar-refractivity contribution in [3.8, 4) is 0 Å². The van der Waals surface area contributed by atoms with Gasteiger partial charge in [-0.05, 0) is 68.9 Å². The van der Waals surface area contributed by atoms with Crippen LogP contribution in [0.15, 0.2) is 41.5 Å². The molecule has 1 aromatic carbocycles. The summed E-state index contributed by atoms with van der Waals surface area (Å²) in [5, 5.41) is 24.5. The third kappa shape index (κ3) is 8.57. The average Bonchev–Trinajstić information content (AvgIpc) is 2.71. The van der Waals surface area contributed by atoms with Gasteiger partial charge in [-0.15, -0.1) is 0 Å². The van der Waals surface area contributed by atoms with Crippen LogP contribution in [-0.4, -0.2) is 34.5 Å². The highest BCUT2D eigenvalue weighted by atomic mass is 16.5. The van der Waals surface area contributed by atoms with Crippen molar-refractivity contribution in [2.45, 2.75) is 76.4 Å². The first-order chi connectivity index (χ1) is 14.4. The van der Waals surface area contributed by atoms with Crippen LogP contribution in [0.3, 0.4) is 0 Å². The summed E-state index contributed by atoms with van der Waals surface area (Å²) in [6.45, 7) is 2.09. The third-order valence-electron chi connectivity index (χ3n) is 5.56. The molecule has 3 atom stereocenters. The minimum Gasteiger partial charge on any atom is -0.466 e. The summed E-state index contributed by atoms with van der Waals surface area (Å²) in [6.07, 6.45) is 9.79. The Hall–Kier alpha value is -2.34. The Morgan fingerprint density at radius 3 is 2.87 bits per heavy atom. The van der Waals surface area contributed by atoms with Crippen LogP contribution in [0.2, 0.25) is 0 Å². The van der Waals surface area contributed by atoms with E-state index in [-0.39, 0.29) is 18.3 Å². The van der Waals surface area contributed by atoms with E-state index in [1.807, 2.05) is 24.3 Å². The number of nitrogens with zero attached hydrogens (tertiary/aromatic N) is 3. The largest absolute Gasteiger partial charge is 0.466 e. The second-order valence-electron chi connectivity index (χ2n) is 8.12. The van der Waals surface area contributed by atoms with Crippen LogP contribution in [-0.2, 0) is 16.0 Å². The van der Waals surface area contributed by atoms with Crippen LogP contribution in [0.1, 0.15) is 63.9 Å². The van der Waals surface area contributed by atoms with Crippen LogP contribution < -0.4 is 0 Å². The number of allylic oxidation sites excluding steroid dienone is 1. The number of aryl methyl sites for hydroxylation is 1. The molecule has 7 nitrogen and oxygen atoms in total. The second kappa shape index (κ2) is 12.4. The number of unbranched alkanes of at least 4 members (excludes halogenated alkanes) is 1. The maximum atomic E-state index is 11.7. The first-order valence-electron chi connectivity index (χ1n) is 10.8. The predicted molar refractivity (Wildman–Crippen MR) is 116 cm³/mol. The van der Waals surface area contributed by atoms with Gasteiger partial charge in [-0.2, -0.15) is 0 Å². The molecule has 1 aliphatic rings. The molecule has 0 amide bonds. The molecule has 0 saturated heterocycles. The molecule has 1 aliphatic carbocycles. The molecule has 0 aliphatic heterocycles. The molecule has 1 unspecified atom stereocenters. The number of benzene rings is 1. The molecule has 164 valence electrons. The maximum Gasteiger partial charge on any atom is 0.308 e. The number of hydrogen-bond donors (Lipinski definition) is 2. The molecule has 0 spiro atoms. The Morgan fingerprint density at radius 2 is 2.17 bits per heavy atom. The highest BCUT2D eigenvalue weighted by Gasteiger charge is 2.35. The predicted octanol–water partition coefficient (Wildman–Crippen LogP) is 5.13. The van der Waals surface area contributed by atoms with Gasteiger partial charge in [-0.1, -0.05) is 48.0 Å². The van der Waals surface area contributed by atoms with Crippen molar-refractivity contribution in [2.75, 3.05) is 6.61 Å². The molecule has 0 heterocycles. The molecular formula is C23H33N3O4. The van der Waals surface area contributed by atoms with Crippen molar-refractivity contribution in [2.24, 2.45) is 11.0 Å². The summed E-state index contributed by atoms with van der Waals surface area (Å²) < 4.78 is 4.97. The zero-order valence-corrected chi connectivity index (χ0v) is 17.7. The number of hydrogen-bond acceptors (Lipinski definition) is 5. The Morgan fingerprint density at radius 1 is 1.40 bits per heavy atom. The molecule has 0 bridgehead atoms. The van der Waals surface area contributed by atoms with Crippen LogP contribution in [0, 0.1) is 5.92 Å². The number of esters is 1. The molecular weight excluding hydrogens is 382 g/mol. The fraction of sp³-hybridized carbons (Fsp3) is 0.609. The number of aliphatic hydroxyl groups is 2. The van der Waals surface area contributed by atoms with Crippen molar-refractivity contribution in [3.63, 3.8) is 0 Å². The quantitative estimate of drug-likeness (QED) is 0.130. The zero-order valence-electron chi connectivity index (χ0n) is 17.7. The minimum absolute atomic E-state index is 0.0393. The van der Waals surface area contributed by atoms with E-state index in [9.17, 15) is 15.0 Å². The van der Waals surface area contributed by atoms with E-state index in [1.54, 1.807) is 19.1 Å². The molecule has 1 aromatic rings. The normalized spacial score (nSPS) is 22.4. The van der Waals surface area contributed by atoms with E-state index in [0.717, 1.165) is 32.1 Å². The van der Waals surface area contributed by atoms with Crippen molar-refractivity contribution < 1.29 is 19.7 Å². The van der Waals surface area contributed by atoms with Gasteiger partial charge in [0, 0.05) is 10.6 Å². The lowest BCUT2D eigenvalue weighted by atomic mass is 9.76. The number of carbonyl (C=O) groups is 1. The average molecular weight is 416 g/mol. The molecule has 0 aromatic heterocycles. The van der Waals surface area contributed by atoms with Crippen molar-refractivity contribution in [3.05, 3.63) is 52.4 Å². The summed E-state index contributed by atoms with van der Waals surface area (Å²) in [6, 6.07) is 7.53. The Bertz CT molecular complexity index is 743. The SMILES string of the molecule is CCOC(=O)C[C@]1(O)CCC[C@H](/C=C/C(O)CCCCc2ccc(N=[N+]=[N-])cc2)C1. The summed E-state index contributed by atoms with van der Waals surface area (Å²) in [5.41, 5.74) is 9.21. The van der Waals surface area contributed by atoms with Gasteiger partial charge in [0.1, 0.15) is 0 Å². The smallest absolute Gasteiger partial charge is 0.308 e. The lowest BCUT2D eigenvalue weighted by Gasteiger charge is -2.35. The summed E-state index contributed by atoms with van der Waals surface area (Å²) in [7, 11) is 0. The van der Waals surface area contributed by atoms with Crippen LogP contribution in [0.4, 0.5) is 5.69 Å². The number of aliphatic hydroxyl groups excluding tert-OH is 1. The highest BCUT2D eigenvalue weighted by Crippen LogP contribution is 2.36. The van der Waals surface area contributed by atoms with Crippen molar-refractivity contribution in [1.82, 2.24) is 0 Å². The fourth-order valence-corrected chi connectivity index (χ4v) is 4.04. The molecule has 0 radical (unpaired) electrons. The van der Waals surface area contributed by atoms with E-state index in [0.29, 0.717) is 31.6 Å². The molecule has 7 heteroatoms. The van der Waals surface area contributed by atoms with Gasteiger partial charge in [0.05, 0.1) is 24.7 Å². The van der Waals surface area contributed by atoms with E-state index >= 15 is 0 Å². The number of ether oxygens (including phenoxy) is 1. The standard InChI is InChI=1S/C23H33N3O4/c1-2-30-22(28)17-23(29)15-5-7-19(16-23)11-14-21(27)8-4-3-6-18-9-12-20(13-10-18)25-26-24/h9-14,19,21,27,29H,2-8,15-17H2,1H3/b14-11+/t19-,21?,23+/m1/s1. The Kier molecular flexibility index (Phi) is 9.87. The second-order valence-corrected chi connectivity index (χ2v) is 8.12. The minimum atomic E-state index is -1.00. The van der Waals surface area contributed by atoms with Gasteiger partial charge in [0.25, 0.3) is 0 Å². The van der Waals surface area contributed by atoms with Crippen LogP contribution >= 0.6 is 0 Å². The van der Waals surface area contributed by atoms with E-state index in [4.69, 9.17) is 10.3 Å². The van der Waals surface area contributed by atoms with E-state index in [2.05, 4.69) is 10.0 Å². The van der Waals surface area contributed by atoms with E-state index < -0.39 is 11.7 Å². The maximum absolute atomic E-state index is 11.7. The molecule has 2 rings (SSSR count). The molecule has 30 heavy (non-hydrogen) atoms. The zero-order chi connectivity index (χ0) is 21.8. The Balaban J connectivity index is 1.70. The van der Waals surface area contributed by atoms with Gasteiger partial charge in [-0.3, -0.25) is 4.79 Å². The van der Waals surface area contributed by atoms with Gasteiger partial charge < -0.3 is 14.9 Å². The third-order valence-corrected chi connectivity index (χ3v) is 5.56. The van der Waals surface area contributed by atoms with Crippen molar-refractivity contribution in [1.29, 1.82) is 0 Å². The van der Waals surface area contributed by atoms with E-state index in [1.165, 1.54) is 5.56 Å². The number of rotatable bonds is 11. The highest BCUT2D eigenvalue weighted by molar-refractivity contribution is 5.70. The topological polar surface area (TPSA) is 116 Å². The lowest BCUT2D eigenvalue weighted by Crippen LogP contribution is -2.37. The molecule has 1 fully saturated rings. The van der Waals surface area contributed by atoms with Gasteiger partial charge in [-0.25, -0.2) is 0 Å². The van der Waals surface area contributed by atoms with Gasteiger partial charge in [0.2, 0.25) is 0 Å². The van der Waals surface area contributed by atoms with Gasteiger partial charge in [0.15, 0.2) is 0 Å². The summed E-state index contributed by atoms with van der Waals surface area (Å²) in [5.74, 6) is -0.181. The van der Waals surface area contributed by atoms with Crippen molar-refractivity contribution >= 4 is 11.7 Å².